The Hall–Kier alpha value is 0.210. The van der Waals surface area contributed by atoms with Crippen molar-refractivity contribution in [1.82, 2.24) is 10.6 Å². The molecule has 0 radical (unpaired) electrons. The van der Waals surface area contributed by atoms with Crippen molar-refractivity contribution in [3.05, 3.63) is 0 Å². The first-order valence-corrected chi connectivity index (χ1v) is 3.79. The predicted molar refractivity (Wildman–Crippen MR) is 44.7 cm³/mol. The van der Waals surface area contributed by atoms with Crippen molar-refractivity contribution >= 4 is 12.4 Å². The number of hydrogen-bond donors (Lipinski definition) is 2. The maximum atomic E-state index is 3.60. The van der Waals surface area contributed by atoms with Crippen molar-refractivity contribution < 1.29 is 0 Å². The molecule has 60 valence electrons. The molecule has 1 heterocycles. The monoisotopic (exact) mass is 162 g/mol. The lowest BCUT2D eigenvalue weighted by Crippen LogP contribution is -2.55. The van der Waals surface area contributed by atoms with Crippen LogP contribution in [0, 0.1) is 0 Å². The molecule has 1 saturated heterocycles. The Morgan fingerprint density at radius 2 is 2.10 bits per heavy atom. The van der Waals surface area contributed by atoms with E-state index in [-0.39, 0.29) is 12.4 Å². The number of rotatable bonds is 0. The summed E-state index contributed by atoms with van der Waals surface area (Å²) in [5, 5.41) is 7.03. The number of hydrogen-bond acceptors (Lipinski definition) is 2. The first-order valence-electron chi connectivity index (χ1n) is 3.79. The van der Waals surface area contributed by atoms with Gasteiger partial charge in [-0.05, 0) is 19.8 Å². The van der Waals surface area contributed by atoms with E-state index >= 15 is 0 Å². The SMILES string of the molecule is CC1CNCC2(CC2)N1.Cl. The molecule has 10 heavy (non-hydrogen) atoms. The van der Waals surface area contributed by atoms with Gasteiger partial charge in [-0.3, -0.25) is 0 Å². The van der Waals surface area contributed by atoms with Crippen LogP contribution in [0.3, 0.4) is 0 Å². The zero-order valence-corrected chi connectivity index (χ0v) is 7.13. The van der Waals surface area contributed by atoms with Gasteiger partial charge in [-0.2, -0.15) is 0 Å². The van der Waals surface area contributed by atoms with Crippen molar-refractivity contribution in [1.29, 1.82) is 0 Å². The zero-order chi connectivity index (χ0) is 6.32. The molecule has 0 amide bonds. The lowest BCUT2D eigenvalue weighted by molar-refractivity contribution is 0.338. The van der Waals surface area contributed by atoms with E-state index in [4.69, 9.17) is 0 Å². The van der Waals surface area contributed by atoms with Crippen LogP contribution in [0.5, 0.6) is 0 Å². The molecule has 0 bridgehead atoms. The highest BCUT2D eigenvalue weighted by molar-refractivity contribution is 5.85. The fourth-order valence-electron chi connectivity index (χ4n) is 1.62. The van der Waals surface area contributed by atoms with Crippen molar-refractivity contribution in [3.63, 3.8) is 0 Å². The normalized spacial score (nSPS) is 35.1. The van der Waals surface area contributed by atoms with Crippen LogP contribution >= 0.6 is 12.4 Å². The average molecular weight is 163 g/mol. The van der Waals surface area contributed by atoms with Crippen LogP contribution in [0.25, 0.3) is 0 Å². The lowest BCUT2D eigenvalue weighted by atomic mass is 10.1. The Morgan fingerprint density at radius 3 is 2.50 bits per heavy atom. The summed E-state index contributed by atoms with van der Waals surface area (Å²) in [7, 11) is 0. The highest BCUT2D eigenvalue weighted by Gasteiger charge is 2.44. The van der Waals surface area contributed by atoms with E-state index in [1.54, 1.807) is 0 Å². The fraction of sp³-hybridized carbons (Fsp3) is 1.00. The molecule has 1 atom stereocenters. The second-order valence-electron chi connectivity index (χ2n) is 3.46. The van der Waals surface area contributed by atoms with E-state index < -0.39 is 0 Å². The van der Waals surface area contributed by atoms with Crippen molar-refractivity contribution in [2.45, 2.75) is 31.3 Å². The Morgan fingerprint density at radius 1 is 1.40 bits per heavy atom. The van der Waals surface area contributed by atoms with E-state index in [2.05, 4.69) is 17.6 Å². The smallest absolute Gasteiger partial charge is 0.0310 e. The van der Waals surface area contributed by atoms with E-state index in [1.807, 2.05) is 0 Å². The summed E-state index contributed by atoms with van der Waals surface area (Å²) in [6, 6.07) is 0.682. The van der Waals surface area contributed by atoms with E-state index in [9.17, 15) is 0 Å². The van der Waals surface area contributed by atoms with Crippen molar-refractivity contribution in [3.8, 4) is 0 Å². The van der Waals surface area contributed by atoms with Crippen LogP contribution in [0.2, 0.25) is 0 Å². The first-order chi connectivity index (χ1) is 4.31. The molecule has 2 aliphatic rings. The van der Waals surface area contributed by atoms with Gasteiger partial charge in [-0.25, -0.2) is 0 Å². The van der Waals surface area contributed by atoms with Gasteiger partial charge in [0.25, 0.3) is 0 Å². The summed E-state index contributed by atoms with van der Waals surface area (Å²) in [5.41, 5.74) is 0.539. The molecule has 2 rings (SSSR count). The second kappa shape index (κ2) is 2.68. The third kappa shape index (κ3) is 1.44. The molecule has 2 nitrogen and oxygen atoms in total. The van der Waals surface area contributed by atoms with E-state index in [1.165, 1.54) is 19.4 Å². The van der Waals surface area contributed by atoms with Crippen LogP contribution < -0.4 is 10.6 Å². The molecule has 0 aromatic carbocycles. The summed E-state index contributed by atoms with van der Waals surface area (Å²) in [5.74, 6) is 0. The van der Waals surface area contributed by atoms with Crippen molar-refractivity contribution in [2.24, 2.45) is 0 Å². The van der Waals surface area contributed by atoms with Gasteiger partial charge in [0.2, 0.25) is 0 Å². The van der Waals surface area contributed by atoms with Gasteiger partial charge in [0.15, 0.2) is 0 Å². The molecule has 2 N–H and O–H groups in total. The van der Waals surface area contributed by atoms with Gasteiger partial charge in [-0.15, -0.1) is 12.4 Å². The van der Waals surface area contributed by atoms with Gasteiger partial charge >= 0.3 is 0 Å². The summed E-state index contributed by atoms with van der Waals surface area (Å²) in [6.07, 6.45) is 2.76. The fourth-order valence-corrected chi connectivity index (χ4v) is 1.62. The molecular weight excluding hydrogens is 148 g/mol. The Kier molecular flexibility index (Phi) is 2.23. The minimum Gasteiger partial charge on any atom is -0.313 e. The van der Waals surface area contributed by atoms with E-state index in [0.29, 0.717) is 11.6 Å². The maximum Gasteiger partial charge on any atom is 0.0310 e. The highest BCUT2D eigenvalue weighted by atomic mass is 35.5. The average Bonchev–Trinajstić information content (AvgIpc) is 2.49. The Labute approximate surface area is 68.2 Å². The first kappa shape index (κ1) is 8.31. The Balaban J connectivity index is 0.000000500. The van der Waals surface area contributed by atoms with Gasteiger partial charge in [0.1, 0.15) is 0 Å². The molecule has 1 unspecified atom stereocenters. The molecule has 1 aliphatic heterocycles. The summed E-state index contributed by atoms with van der Waals surface area (Å²) in [6.45, 7) is 4.57. The largest absolute Gasteiger partial charge is 0.313 e. The van der Waals surface area contributed by atoms with Crippen LogP contribution in [0.1, 0.15) is 19.8 Å². The number of nitrogens with one attached hydrogen (secondary N) is 2. The Bertz CT molecular complexity index is 123. The number of halogens is 1. The van der Waals surface area contributed by atoms with Crippen LogP contribution in [0.15, 0.2) is 0 Å². The van der Waals surface area contributed by atoms with Gasteiger partial charge in [0.05, 0.1) is 0 Å². The third-order valence-corrected chi connectivity index (χ3v) is 2.32. The second-order valence-corrected chi connectivity index (χ2v) is 3.46. The van der Waals surface area contributed by atoms with Gasteiger partial charge < -0.3 is 10.6 Å². The molecule has 3 heteroatoms. The minimum atomic E-state index is 0. The molecule has 1 aliphatic carbocycles. The van der Waals surface area contributed by atoms with Gasteiger partial charge in [-0.1, -0.05) is 0 Å². The summed E-state index contributed by atoms with van der Waals surface area (Å²) >= 11 is 0. The quantitative estimate of drug-likeness (QED) is 0.543. The predicted octanol–water partition coefficient (Wildman–Crippen LogP) is 0.522. The summed E-state index contributed by atoms with van der Waals surface area (Å²) < 4.78 is 0. The highest BCUT2D eigenvalue weighted by Crippen LogP contribution is 2.36. The summed E-state index contributed by atoms with van der Waals surface area (Å²) in [4.78, 5) is 0. The molecule has 1 spiro atoms. The molecule has 2 fully saturated rings. The molecule has 1 saturated carbocycles. The molecule has 0 aromatic rings. The van der Waals surface area contributed by atoms with Gasteiger partial charge in [0, 0.05) is 24.7 Å². The van der Waals surface area contributed by atoms with E-state index in [0.717, 1.165) is 6.54 Å². The third-order valence-electron chi connectivity index (χ3n) is 2.32. The zero-order valence-electron chi connectivity index (χ0n) is 6.31. The van der Waals surface area contributed by atoms with Crippen molar-refractivity contribution in [2.75, 3.05) is 13.1 Å². The number of piperazine rings is 1. The molecule has 0 aromatic heterocycles. The minimum absolute atomic E-state index is 0. The molecular formula is C7H15ClN2. The lowest BCUT2D eigenvalue weighted by Gasteiger charge is -2.29. The van der Waals surface area contributed by atoms with Crippen LogP contribution in [-0.4, -0.2) is 24.7 Å². The standard InChI is InChI=1S/C7H14N2.ClH/c1-6-4-8-5-7(9-6)2-3-7;/h6,8-9H,2-5H2,1H3;1H. The topological polar surface area (TPSA) is 24.1 Å². The van der Waals surface area contributed by atoms with Crippen LogP contribution in [0.4, 0.5) is 0 Å². The maximum absolute atomic E-state index is 3.60. The van der Waals surface area contributed by atoms with Crippen LogP contribution in [-0.2, 0) is 0 Å².